The fourth-order valence-corrected chi connectivity index (χ4v) is 4.05. The Balaban J connectivity index is 1.52. The molecular formula is C26H28N4O3. The van der Waals surface area contributed by atoms with Crippen molar-refractivity contribution in [3.63, 3.8) is 0 Å². The number of amides is 2. The summed E-state index contributed by atoms with van der Waals surface area (Å²) in [5, 5.41) is 2.98. The topological polar surface area (TPSA) is 80.4 Å². The van der Waals surface area contributed by atoms with Crippen LogP contribution in [-0.4, -0.2) is 45.9 Å². The van der Waals surface area contributed by atoms with E-state index in [4.69, 9.17) is 4.42 Å². The van der Waals surface area contributed by atoms with Gasteiger partial charge >= 0.3 is 0 Å². The molecule has 1 N–H and O–H groups in total. The van der Waals surface area contributed by atoms with Crippen LogP contribution in [0.2, 0.25) is 0 Å². The SMILES string of the molecule is Cc1nc2c(C(=O)N(C)C(CCNC(=O)c3cccn3C)Cc3ccccc3)cccc2o1. The molecule has 0 saturated carbocycles. The maximum Gasteiger partial charge on any atom is 0.267 e. The lowest BCUT2D eigenvalue weighted by Crippen LogP contribution is -2.41. The van der Waals surface area contributed by atoms with Gasteiger partial charge in [-0.2, -0.15) is 0 Å². The van der Waals surface area contributed by atoms with Gasteiger partial charge in [-0.25, -0.2) is 4.98 Å². The predicted octanol–water partition coefficient (Wildman–Crippen LogP) is 3.98. The zero-order chi connectivity index (χ0) is 23.4. The summed E-state index contributed by atoms with van der Waals surface area (Å²) in [7, 11) is 3.65. The van der Waals surface area contributed by atoms with E-state index in [1.54, 1.807) is 41.6 Å². The van der Waals surface area contributed by atoms with E-state index in [2.05, 4.69) is 22.4 Å². The number of hydrogen-bond donors (Lipinski definition) is 1. The molecule has 0 aliphatic rings. The molecule has 0 radical (unpaired) electrons. The van der Waals surface area contributed by atoms with Crippen LogP contribution in [0.15, 0.2) is 71.3 Å². The summed E-state index contributed by atoms with van der Waals surface area (Å²) in [6, 6.07) is 19.0. The maximum absolute atomic E-state index is 13.5. The lowest BCUT2D eigenvalue weighted by Gasteiger charge is -2.29. The Morgan fingerprint density at radius 1 is 1.09 bits per heavy atom. The Kier molecular flexibility index (Phi) is 6.58. The van der Waals surface area contributed by atoms with Gasteiger partial charge in [0.1, 0.15) is 11.2 Å². The van der Waals surface area contributed by atoms with Gasteiger partial charge < -0.3 is 19.2 Å². The lowest BCUT2D eigenvalue weighted by atomic mass is 10.0. The molecule has 0 aliphatic carbocycles. The van der Waals surface area contributed by atoms with E-state index in [0.29, 0.717) is 47.6 Å². The van der Waals surface area contributed by atoms with Crippen molar-refractivity contribution in [3.8, 4) is 0 Å². The van der Waals surface area contributed by atoms with Gasteiger partial charge in [0.25, 0.3) is 11.8 Å². The van der Waals surface area contributed by atoms with Gasteiger partial charge in [0.2, 0.25) is 0 Å². The largest absolute Gasteiger partial charge is 0.441 e. The molecule has 2 heterocycles. The maximum atomic E-state index is 13.5. The van der Waals surface area contributed by atoms with Crippen LogP contribution in [0.3, 0.4) is 0 Å². The van der Waals surface area contributed by atoms with Crippen LogP contribution in [0.4, 0.5) is 0 Å². The number of rotatable bonds is 8. The first kappa shape index (κ1) is 22.3. The third-order valence-electron chi connectivity index (χ3n) is 5.88. The minimum absolute atomic E-state index is 0.114. The molecule has 2 aromatic carbocycles. The van der Waals surface area contributed by atoms with Crippen LogP contribution in [0.25, 0.3) is 11.1 Å². The average molecular weight is 445 g/mol. The summed E-state index contributed by atoms with van der Waals surface area (Å²) in [6.07, 6.45) is 3.13. The third-order valence-corrected chi connectivity index (χ3v) is 5.88. The first-order valence-electron chi connectivity index (χ1n) is 11.0. The number of hydrogen-bond acceptors (Lipinski definition) is 4. The van der Waals surface area contributed by atoms with Gasteiger partial charge in [-0.1, -0.05) is 36.4 Å². The predicted molar refractivity (Wildman–Crippen MR) is 127 cm³/mol. The van der Waals surface area contributed by atoms with E-state index in [9.17, 15) is 9.59 Å². The Hall–Kier alpha value is -3.87. The van der Waals surface area contributed by atoms with Crippen LogP contribution in [0.5, 0.6) is 0 Å². The average Bonchev–Trinajstić information content (AvgIpc) is 3.42. The summed E-state index contributed by atoms with van der Waals surface area (Å²) in [6.45, 7) is 2.22. The number of carbonyl (C=O) groups is 2. The van der Waals surface area contributed by atoms with E-state index in [-0.39, 0.29) is 17.9 Å². The Bertz CT molecular complexity index is 1260. The molecule has 0 spiro atoms. The van der Waals surface area contributed by atoms with Crippen LogP contribution in [0.1, 0.15) is 38.7 Å². The first-order valence-corrected chi connectivity index (χ1v) is 11.0. The van der Waals surface area contributed by atoms with Gasteiger partial charge in [-0.3, -0.25) is 9.59 Å². The first-order chi connectivity index (χ1) is 15.9. The molecule has 0 saturated heterocycles. The standard InChI is InChI=1S/C26H28N4O3/c1-18-28-24-21(11-7-13-23(24)33-18)26(32)30(3)20(17-19-9-5-4-6-10-19)14-15-27-25(31)22-12-8-16-29(22)2/h4-13,16,20H,14-15,17H2,1-3H3,(H,27,31). The second-order valence-electron chi connectivity index (χ2n) is 8.19. The number of benzene rings is 2. The second-order valence-corrected chi connectivity index (χ2v) is 8.19. The molecule has 4 aromatic rings. The smallest absolute Gasteiger partial charge is 0.267 e. The van der Waals surface area contributed by atoms with Crippen molar-refractivity contribution in [1.29, 1.82) is 0 Å². The highest BCUT2D eigenvalue weighted by Gasteiger charge is 2.24. The normalized spacial score (nSPS) is 12.0. The number of nitrogens with zero attached hydrogens (tertiary/aromatic N) is 3. The molecule has 4 rings (SSSR count). The van der Waals surface area contributed by atoms with Crippen LogP contribution in [0, 0.1) is 6.92 Å². The Morgan fingerprint density at radius 2 is 1.88 bits per heavy atom. The number of oxazole rings is 1. The molecule has 0 fully saturated rings. The molecule has 0 bridgehead atoms. The molecule has 2 aromatic heterocycles. The van der Waals surface area contributed by atoms with Crippen LogP contribution in [-0.2, 0) is 13.5 Å². The van der Waals surface area contributed by atoms with Gasteiger partial charge in [0.05, 0.1) is 5.56 Å². The van der Waals surface area contributed by atoms with Crippen molar-refractivity contribution in [1.82, 2.24) is 19.8 Å². The summed E-state index contributed by atoms with van der Waals surface area (Å²) >= 11 is 0. The van der Waals surface area contributed by atoms with Gasteiger partial charge in [0.15, 0.2) is 11.5 Å². The second kappa shape index (κ2) is 9.73. The third kappa shape index (κ3) is 4.98. The van der Waals surface area contributed by atoms with Crippen molar-refractivity contribution in [3.05, 3.63) is 89.6 Å². The van der Waals surface area contributed by atoms with Crippen molar-refractivity contribution in [2.45, 2.75) is 25.8 Å². The van der Waals surface area contributed by atoms with Crippen LogP contribution < -0.4 is 5.32 Å². The molecule has 1 atom stereocenters. The molecule has 1 unspecified atom stereocenters. The highest BCUT2D eigenvalue weighted by molar-refractivity contribution is 6.04. The van der Waals surface area contributed by atoms with Crippen molar-refractivity contribution in [2.75, 3.05) is 13.6 Å². The van der Waals surface area contributed by atoms with E-state index in [1.165, 1.54) is 0 Å². The number of nitrogens with one attached hydrogen (secondary N) is 1. The quantitative estimate of drug-likeness (QED) is 0.446. The Labute approximate surface area is 193 Å². The number of para-hydroxylation sites is 1. The van der Waals surface area contributed by atoms with E-state index >= 15 is 0 Å². The monoisotopic (exact) mass is 444 g/mol. The highest BCUT2D eigenvalue weighted by atomic mass is 16.3. The van der Waals surface area contributed by atoms with Gasteiger partial charge in [-0.15, -0.1) is 0 Å². The molecule has 7 heteroatoms. The fraction of sp³-hybridized carbons (Fsp3) is 0.269. The molecule has 0 aliphatic heterocycles. The molecular weight excluding hydrogens is 416 g/mol. The zero-order valence-electron chi connectivity index (χ0n) is 19.1. The van der Waals surface area contributed by atoms with E-state index in [1.807, 2.05) is 43.6 Å². The number of likely N-dealkylation sites (N-methyl/N-ethyl adjacent to an activating group) is 1. The summed E-state index contributed by atoms with van der Waals surface area (Å²) in [4.78, 5) is 32.1. The number of aryl methyl sites for hydroxylation is 2. The minimum atomic E-state index is -0.127. The van der Waals surface area contributed by atoms with Crippen molar-refractivity contribution in [2.24, 2.45) is 7.05 Å². The zero-order valence-corrected chi connectivity index (χ0v) is 19.1. The van der Waals surface area contributed by atoms with Crippen molar-refractivity contribution < 1.29 is 14.0 Å². The molecule has 170 valence electrons. The fourth-order valence-electron chi connectivity index (χ4n) is 4.05. The highest BCUT2D eigenvalue weighted by Crippen LogP contribution is 2.22. The van der Waals surface area contributed by atoms with Gasteiger partial charge in [-0.05, 0) is 42.7 Å². The molecule has 7 nitrogen and oxygen atoms in total. The van der Waals surface area contributed by atoms with Gasteiger partial charge in [0, 0.05) is 39.8 Å². The summed E-state index contributed by atoms with van der Waals surface area (Å²) in [5.74, 6) is 0.276. The molecule has 2 amide bonds. The minimum Gasteiger partial charge on any atom is -0.441 e. The number of fused-ring (bicyclic) bond motifs is 1. The summed E-state index contributed by atoms with van der Waals surface area (Å²) < 4.78 is 7.38. The van der Waals surface area contributed by atoms with Crippen molar-refractivity contribution >= 4 is 22.9 Å². The molecule has 33 heavy (non-hydrogen) atoms. The van der Waals surface area contributed by atoms with E-state index < -0.39 is 0 Å². The number of carbonyl (C=O) groups excluding carboxylic acids is 2. The van der Waals surface area contributed by atoms with Crippen LogP contribution >= 0.6 is 0 Å². The summed E-state index contributed by atoms with van der Waals surface area (Å²) in [5.41, 5.74) is 3.42. The van der Waals surface area contributed by atoms with E-state index in [0.717, 1.165) is 5.56 Å². The Morgan fingerprint density at radius 3 is 2.61 bits per heavy atom. The number of aromatic nitrogens is 2. The lowest BCUT2D eigenvalue weighted by molar-refractivity contribution is 0.0724.